The SMILES string of the molecule is Cc1cc(C)c(C2CC(=O)N(C)CCN2)c(C)c1. The van der Waals surface area contributed by atoms with Gasteiger partial charge < -0.3 is 10.2 Å². The Morgan fingerprint density at radius 2 is 1.83 bits per heavy atom. The molecule has 1 aliphatic rings. The number of benzene rings is 1. The van der Waals surface area contributed by atoms with Gasteiger partial charge in [0.1, 0.15) is 0 Å². The highest BCUT2D eigenvalue weighted by atomic mass is 16.2. The molecule has 1 unspecified atom stereocenters. The van der Waals surface area contributed by atoms with E-state index in [0.29, 0.717) is 6.42 Å². The number of amides is 1. The molecule has 0 radical (unpaired) electrons. The van der Waals surface area contributed by atoms with Gasteiger partial charge in [-0.15, -0.1) is 0 Å². The molecule has 1 heterocycles. The minimum Gasteiger partial charge on any atom is -0.344 e. The number of nitrogens with one attached hydrogen (secondary N) is 1. The molecule has 0 saturated carbocycles. The highest BCUT2D eigenvalue weighted by Gasteiger charge is 2.24. The molecule has 98 valence electrons. The monoisotopic (exact) mass is 246 g/mol. The maximum absolute atomic E-state index is 12.0. The summed E-state index contributed by atoms with van der Waals surface area (Å²) in [4.78, 5) is 13.8. The van der Waals surface area contributed by atoms with Crippen LogP contribution in [-0.4, -0.2) is 30.9 Å². The zero-order valence-electron chi connectivity index (χ0n) is 11.7. The van der Waals surface area contributed by atoms with E-state index >= 15 is 0 Å². The molecular formula is C15H22N2O. The summed E-state index contributed by atoms with van der Waals surface area (Å²) in [5.41, 5.74) is 5.14. The molecule has 1 aliphatic heterocycles. The molecule has 0 bridgehead atoms. The number of carbonyl (C=O) groups is 1. The largest absolute Gasteiger partial charge is 0.344 e. The Balaban J connectivity index is 2.34. The quantitative estimate of drug-likeness (QED) is 0.823. The van der Waals surface area contributed by atoms with E-state index in [1.165, 1.54) is 22.3 Å². The third-order valence-corrected chi connectivity index (χ3v) is 3.73. The molecule has 3 heteroatoms. The average Bonchev–Trinajstić information content (AvgIpc) is 2.40. The van der Waals surface area contributed by atoms with E-state index in [9.17, 15) is 4.79 Å². The van der Waals surface area contributed by atoms with E-state index in [1.807, 2.05) is 11.9 Å². The van der Waals surface area contributed by atoms with Gasteiger partial charge in [0.15, 0.2) is 0 Å². The molecular weight excluding hydrogens is 224 g/mol. The molecule has 2 rings (SSSR count). The van der Waals surface area contributed by atoms with Gasteiger partial charge in [-0.2, -0.15) is 0 Å². The standard InChI is InChI=1S/C15H22N2O/c1-10-7-11(2)15(12(3)8-10)13-9-14(18)17(4)6-5-16-13/h7-8,13,16H,5-6,9H2,1-4H3. The molecule has 1 N–H and O–H groups in total. The van der Waals surface area contributed by atoms with Crippen molar-refractivity contribution < 1.29 is 4.79 Å². The summed E-state index contributed by atoms with van der Waals surface area (Å²) in [6, 6.07) is 4.55. The summed E-state index contributed by atoms with van der Waals surface area (Å²) >= 11 is 0. The van der Waals surface area contributed by atoms with Crippen molar-refractivity contribution in [1.29, 1.82) is 0 Å². The lowest BCUT2D eigenvalue weighted by atomic mass is 9.92. The number of rotatable bonds is 1. The van der Waals surface area contributed by atoms with Crippen molar-refractivity contribution in [3.63, 3.8) is 0 Å². The van der Waals surface area contributed by atoms with Crippen LogP contribution in [0, 0.1) is 20.8 Å². The average molecular weight is 246 g/mol. The molecule has 0 aliphatic carbocycles. The summed E-state index contributed by atoms with van der Waals surface area (Å²) in [6.45, 7) is 8.04. The summed E-state index contributed by atoms with van der Waals surface area (Å²) < 4.78 is 0. The summed E-state index contributed by atoms with van der Waals surface area (Å²) in [5, 5.41) is 3.50. The fourth-order valence-electron chi connectivity index (χ4n) is 2.88. The Hall–Kier alpha value is -1.35. The second kappa shape index (κ2) is 5.11. The Labute approximate surface area is 109 Å². The summed E-state index contributed by atoms with van der Waals surface area (Å²) in [6.07, 6.45) is 0.557. The Kier molecular flexibility index (Phi) is 3.71. The van der Waals surface area contributed by atoms with E-state index in [1.54, 1.807) is 0 Å². The van der Waals surface area contributed by atoms with Crippen molar-refractivity contribution >= 4 is 5.91 Å². The predicted molar refractivity (Wildman–Crippen MR) is 73.7 cm³/mol. The Bertz CT molecular complexity index is 445. The number of hydrogen-bond acceptors (Lipinski definition) is 2. The highest BCUT2D eigenvalue weighted by Crippen LogP contribution is 2.27. The van der Waals surface area contributed by atoms with E-state index in [4.69, 9.17) is 0 Å². The van der Waals surface area contributed by atoms with E-state index in [2.05, 4.69) is 38.2 Å². The zero-order chi connectivity index (χ0) is 13.3. The smallest absolute Gasteiger partial charge is 0.224 e. The number of likely N-dealkylation sites (N-methyl/N-ethyl adjacent to an activating group) is 1. The molecule has 1 saturated heterocycles. The first-order chi connectivity index (χ1) is 8.49. The maximum Gasteiger partial charge on any atom is 0.224 e. The zero-order valence-corrected chi connectivity index (χ0v) is 11.7. The lowest BCUT2D eigenvalue weighted by Crippen LogP contribution is -2.27. The normalized spacial score (nSPS) is 21.0. The van der Waals surface area contributed by atoms with Crippen LogP contribution in [0.2, 0.25) is 0 Å². The van der Waals surface area contributed by atoms with Crippen LogP contribution in [-0.2, 0) is 4.79 Å². The van der Waals surface area contributed by atoms with Gasteiger partial charge in [-0.25, -0.2) is 0 Å². The molecule has 1 amide bonds. The molecule has 1 aromatic carbocycles. The minimum absolute atomic E-state index is 0.156. The van der Waals surface area contributed by atoms with Crippen LogP contribution in [0.25, 0.3) is 0 Å². The second-order valence-electron chi connectivity index (χ2n) is 5.34. The van der Waals surface area contributed by atoms with Crippen LogP contribution in [0.3, 0.4) is 0 Å². The van der Waals surface area contributed by atoms with Gasteiger partial charge in [0, 0.05) is 32.6 Å². The molecule has 18 heavy (non-hydrogen) atoms. The first-order valence-electron chi connectivity index (χ1n) is 6.54. The number of aryl methyl sites for hydroxylation is 3. The Morgan fingerprint density at radius 1 is 1.22 bits per heavy atom. The van der Waals surface area contributed by atoms with E-state index in [0.717, 1.165) is 13.1 Å². The first kappa shape index (κ1) is 13.1. The minimum atomic E-state index is 0.156. The van der Waals surface area contributed by atoms with Crippen molar-refractivity contribution in [2.45, 2.75) is 33.2 Å². The van der Waals surface area contributed by atoms with Crippen LogP contribution in [0.4, 0.5) is 0 Å². The fraction of sp³-hybridized carbons (Fsp3) is 0.533. The van der Waals surface area contributed by atoms with Crippen molar-refractivity contribution in [2.24, 2.45) is 0 Å². The van der Waals surface area contributed by atoms with Crippen LogP contribution < -0.4 is 5.32 Å². The molecule has 0 spiro atoms. The number of hydrogen-bond donors (Lipinski definition) is 1. The molecule has 3 nitrogen and oxygen atoms in total. The fourth-order valence-corrected chi connectivity index (χ4v) is 2.88. The molecule has 0 aromatic heterocycles. The van der Waals surface area contributed by atoms with E-state index in [-0.39, 0.29) is 11.9 Å². The highest BCUT2D eigenvalue weighted by molar-refractivity contribution is 5.77. The van der Waals surface area contributed by atoms with Crippen LogP contribution in [0.15, 0.2) is 12.1 Å². The van der Waals surface area contributed by atoms with Gasteiger partial charge in [0.25, 0.3) is 0 Å². The first-order valence-corrected chi connectivity index (χ1v) is 6.54. The summed E-state index contributed by atoms with van der Waals surface area (Å²) in [7, 11) is 1.88. The van der Waals surface area contributed by atoms with Crippen molar-refractivity contribution in [2.75, 3.05) is 20.1 Å². The van der Waals surface area contributed by atoms with Gasteiger partial charge in [0.2, 0.25) is 5.91 Å². The van der Waals surface area contributed by atoms with Gasteiger partial charge in [-0.1, -0.05) is 17.7 Å². The lowest BCUT2D eigenvalue weighted by molar-refractivity contribution is -0.129. The lowest BCUT2D eigenvalue weighted by Gasteiger charge is -2.21. The van der Waals surface area contributed by atoms with Crippen LogP contribution in [0.5, 0.6) is 0 Å². The maximum atomic E-state index is 12.0. The second-order valence-corrected chi connectivity index (χ2v) is 5.34. The van der Waals surface area contributed by atoms with Gasteiger partial charge >= 0.3 is 0 Å². The van der Waals surface area contributed by atoms with Crippen LogP contribution >= 0.6 is 0 Å². The molecule has 1 atom stereocenters. The number of carbonyl (C=O) groups excluding carboxylic acids is 1. The molecule has 1 fully saturated rings. The Morgan fingerprint density at radius 3 is 2.44 bits per heavy atom. The predicted octanol–water partition coefficient (Wildman–Crippen LogP) is 2.10. The summed E-state index contributed by atoms with van der Waals surface area (Å²) in [5.74, 6) is 0.226. The van der Waals surface area contributed by atoms with Crippen molar-refractivity contribution in [3.8, 4) is 0 Å². The van der Waals surface area contributed by atoms with Gasteiger partial charge in [-0.05, 0) is 37.5 Å². The third-order valence-electron chi connectivity index (χ3n) is 3.73. The van der Waals surface area contributed by atoms with Crippen molar-refractivity contribution in [1.82, 2.24) is 10.2 Å². The number of nitrogens with zero attached hydrogens (tertiary/aromatic N) is 1. The van der Waals surface area contributed by atoms with E-state index < -0.39 is 0 Å². The van der Waals surface area contributed by atoms with Gasteiger partial charge in [0.05, 0.1) is 0 Å². The van der Waals surface area contributed by atoms with Crippen LogP contribution in [0.1, 0.15) is 34.7 Å². The molecule has 1 aromatic rings. The van der Waals surface area contributed by atoms with Crippen molar-refractivity contribution in [3.05, 3.63) is 34.4 Å². The topological polar surface area (TPSA) is 32.3 Å². The van der Waals surface area contributed by atoms with Gasteiger partial charge in [-0.3, -0.25) is 4.79 Å². The third kappa shape index (κ3) is 2.56.